The van der Waals surface area contributed by atoms with Crippen LogP contribution >= 0.6 is 11.8 Å². The summed E-state index contributed by atoms with van der Waals surface area (Å²) < 4.78 is 5.16. The molecule has 1 aromatic heterocycles. The number of nitrogens with zero attached hydrogens (tertiary/aromatic N) is 2. The molecular weight excluding hydrogens is 330 g/mol. The number of H-pyrrole nitrogens is 1. The van der Waals surface area contributed by atoms with E-state index in [2.05, 4.69) is 15.0 Å². The number of methoxy groups -OCH3 is 1. The van der Waals surface area contributed by atoms with Crippen LogP contribution in [0.2, 0.25) is 0 Å². The number of fused-ring (bicyclic) bond motifs is 1. The molecule has 7 nitrogen and oxygen atoms in total. The summed E-state index contributed by atoms with van der Waals surface area (Å²) in [6.07, 6.45) is 3.10. The molecule has 0 fully saturated rings. The van der Waals surface area contributed by atoms with Crippen molar-refractivity contribution in [1.82, 2.24) is 9.97 Å². The number of aromatic hydroxyl groups is 1. The Kier molecular flexibility index (Phi) is 4.22. The first kappa shape index (κ1) is 16.0. The summed E-state index contributed by atoms with van der Waals surface area (Å²) in [5.41, 5.74) is 0.522. The number of ether oxygens (including phenoxy) is 1. The SMILES string of the molecule is COc1ccc2c(c1)=C/C(=C\c1[nH]c(SC(C)=O)nc1O)C(=O)N=2. The topological polar surface area (TPSA) is 105 Å². The minimum absolute atomic E-state index is 0.167. The van der Waals surface area contributed by atoms with Gasteiger partial charge in [-0.25, -0.2) is 4.99 Å². The highest BCUT2D eigenvalue weighted by molar-refractivity contribution is 8.13. The first-order chi connectivity index (χ1) is 11.5. The molecule has 1 amide bonds. The van der Waals surface area contributed by atoms with Crippen LogP contribution in [0, 0.1) is 0 Å². The van der Waals surface area contributed by atoms with Crippen molar-refractivity contribution in [1.29, 1.82) is 0 Å². The number of hydrogen-bond donors (Lipinski definition) is 2. The average Bonchev–Trinajstić information content (AvgIpc) is 2.86. The van der Waals surface area contributed by atoms with E-state index in [4.69, 9.17) is 4.74 Å². The predicted octanol–water partition coefficient (Wildman–Crippen LogP) is 0.786. The van der Waals surface area contributed by atoms with Crippen LogP contribution in [0.5, 0.6) is 11.6 Å². The lowest BCUT2D eigenvalue weighted by molar-refractivity contribution is -0.114. The summed E-state index contributed by atoms with van der Waals surface area (Å²) in [4.78, 5) is 33.9. The maximum absolute atomic E-state index is 12.1. The van der Waals surface area contributed by atoms with Crippen molar-refractivity contribution in [2.45, 2.75) is 12.1 Å². The number of nitrogens with one attached hydrogen (secondary N) is 1. The quantitative estimate of drug-likeness (QED) is 0.630. The Hall–Kier alpha value is -2.87. The highest BCUT2D eigenvalue weighted by Crippen LogP contribution is 2.24. The van der Waals surface area contributed by atoms with Crippen molar-refractivity contribution >= 4 is 34.9 Å². The predicted molar refractivity (Wildman–Crippen MR) is 88.0 cm³/mol. The fourth-order valence-corrected chi connectivity index (χ4v) is 2.75. The molecule has 0 atom stereocenters. The molecule has 0 saturated carbocycles. The molecule has 1 aliphatic rings. The normalized spacial score (nSPS) is 14.8. The van der Waals surface area contributed by atoms with Gasteiger partial charge in [0.2, 0.25) is 5.88 Å². The van der Waals surface area contributed by atoms with Crippen molar-refractivity contribution in [3.8, 4) is 11.6 Å². The molecule has 0 unspecified atom stereocenters. The van der Waals surface area contributed by atoms with Crippen LogP contribution in [0.1, 0.15) is 12.6 Å². The fraction of sp³-hybridized carbons (Fsp3) is 0.125. The summed E-state index contributed by atoms with van der Waals surface area (Å²) in [5.74, 6) is -0.0650. The molecule has 24 heavy (non-hydrogen) atoms. The number of aromatic nitrogens is 2. The van der Waals surface area contributed by atoms with Crippen LogP contribution < -0.4 is 15.3 Å². The molecule has 0 saturated heterocycles. The van der Waals surface area contributed by atoms with Gasteiger partial charge in [-0.1, -0.05) is 0 Å². The van der Waals surface area contributed by atoms with Gasteiger partial charge in [0.15, 0.2) is 10.3 Å². The van der Waals surface area contributed by atoms with E-state index in [-0.39, 0.29) is 27.4 Å². The third-order valence-corrected chi connectivity index (χ3v) is 3.92. The molecule has 2 N–H and O–H groups in total. The van der Waals surface area contributed by atoms with Crippen molar-refractivity contribution in [2.75, 3.05) is 7.11 Å². The number of carbonyl (C=O) groups excluding carboxylic acids is 2. The van der Waals surface area contributed by atoms with Crippen LogP contribution in [-0.4, -0.2) is 33.2 Å². The Balaban J connectivity index is 2.04. The average molecular weight is 343 g/mol. The van der Waals surface area contributed by atoms with Crippen LogP contribution in [0.4, 0.5) is 0 Å². The van der Waals surface area contributed by atoms with E-state index in [1.807, 2.05) is 0 Å². The Labute approximate surface area is 140 Å². The molecule has 0 radical (unpaired) electrons. The van der Waals surface area contributed by atoms with E-state index in [1.54, 1.807) is 31.4 Å². The molecule has 8 heteroatoms. The number of aromatic amines is 1. The zero-order valence-corrected chi connectivity index (χ0v) is 13.7. The Bertz CT molecular complexity index is 991. The maximum Gasteiger partial charge on any atom is 0.277 e. The summed E-state index contributed by atoms with van der Waals surface area (Å²) in [5, 5.41) is 11.2. The number of rotatable bonds is 3. The van der Waals surface area contributed by atoms with E-state index in [9.17, 15) is 14.7 Å². The minimum Gasteiger partial charge on any atom is -0.497 e. The van der Waals surface area contributed by atoms with Crippen LogP contribution in [-0.2, 0) is 9.59 Å². The maximum atomic E-state index is 12.1. The summed E-state index contributed by atoms with van der Waals surface area (Å²) >= 11 is 0.860. The molecule has 2 aromatic rings. The van der Waals surface area contributed by atoms with Crippen LogP contribution in [0.15, 0.2) is 33.9 Å². The van der Waals surface area contributed by atoms with Crippen LogP contribution in [0.3, 0.4) is 0 Å². The van der Waals surface area contributed by atoms with Gasteiger partial charge in [-0.15, -0.1) is 0 Å². The summed E-state index contributed by atoms with van der Waals surface area (Å²) in [7, 11) is 1.56. The zero-order valence-electron chi connectivity index (χ0n) is 12.9. The highest BCUT2D eigenvalue weighted by Gasteiger charge is 2.15. The van der Waals surface area contributed by atoms with Gasteiger partial charge in [-0.2, -0.15) is 4.98 Å². The van der Waals surface area contributed by atoms with Gasteiger partial charge in [-0.05, 0) is 42.1 Å². The van der Waals surface area contributed by atoms with E-state index in [0.29, 0.717) is 11.1 Å². The Morgan fingerprint density at radius 3 is 2.92 bits per heavy atom. The number of hydrogen-bond acceptors (Lipinski definition) is 6. The molecule has 2 heterocycles. The molecular formula is C16H13N3O4S. The zero-order chi connectivity index (χ0) is 17.3. The minimum atomic E-state index is -0.428. The third kappa shape index (κ3) is 3.23. The number of benzene rings is 1. The van der Waals surface area contributed by atoms with E-state index >= 15 is 0 Å². The number of thioether (sulfide) groups is 1. The van der Waals surface area contributed by atoms with Crippen molar-refractivity contribution in [2.24, 2.45) is 4.99 Å². The molecule has 122 valence electrons. The van der Waals surface area contributed by atoms with Gasteiger partial charge in [0.25, 0.3) is 5.91 Å². The lowest BCUT2D eigenvalue weighted by Crippen LogP contribution is -2.30. The second kappa shape index (κ2) is 6.32. The standard InChI is InChI=1S/C16H13N3O4S/c1-8(20)24-16-18-13(15(22)19-16)7-10-5-9-6-11(23-2)3-4-12(9)17-14(10)21/h3-7,22H,1-2H3,(H,18,19)/b10-7+. The van der Waals surface area contributed by atoms with Gasteiger partial charge in [0.05, 0.1) is 12.5 Å². The lowest BCUT2D eigenvalue weighted by atomic mass is 10.1. The number of amides is 1. The van der Waals surface area contributed by atoms with E-state index in [0.717, 1.165) is 17.0 Å². The Morgan fingerprint density at radius 2 is 2.21 bits per heavy atom. The van der Waals surface area contributed by atoms with Gasteiger partial charge >= 0.3 is 0 Å². The Morgan fingerprint density at radius 1 is 1.42 bits per heavy atom. The third-order valence-electron chi connectivity index (χ3n) is 3.24. The van der Waals surface area contributed by atoms with Gasteiger partial charge in [-0.3, -0.25) is 9.59 Å². The van der Waals surface area contributed by atoms with Crippen molar-refractivity contribution in [3.05, 3.63) is 40.0 Å². The molecule has 0 aliphatic carbocycles. The summed E-state index contributed by atoms with van der Waals surface area (Å²) in [6, 6.07) is 5.20. The molecule has 3 rings (SSSR count). The van der Waals surface area contributed by atoms with Gasteiger partial charge in [0, 0.05) is 17.7 Å². The fourth-order valence-electron chi connectivity index (χ4n) is 2.18. The van der Waals surface area contributed by atoms with Gasteiger partial charge in [0.1, 0.15) is 11.4 Å². The highest BCUT2D eigenvalue weighted by atomic mass is 32.2. The molecule has 1 aromatic carbocycles. The molecule has 0 bridgehead atoms. The molecule has 0 spiro atoms. The smallest absolute Gasteiger partial charge is 0.277 e. The number of carbonyl (C=O) groups is 2. The van der Waals surface area contributed by atoms with E-state index in [1.165, 1.54) is 13.0 Å². The van der Waals surface area contributed by atoms with Crippen molar-refractivity contribution in [3.63, 3.8) is 0 Å². The largest absolute Gasteiger partial charge is 0.497 e. The molecule has 1 aliphatic heterocycles. The number of imidazole rings is 1. The lowest BCUT2D eigenvalue weighted by Gasteiger charge is -2.04. The first-order valence-electron chi connectivity index (χ1n) is 6.94. The van der Waals surface area contributed by atoms with Crippen LogP contribution in [0.25, 0.3) is 12.2 Å². The second-order valence-electron chi connectivity index (χ2n) is 4.96. The monoisotopic (exact) mass is 343 g/mol. The van der Waals surface area contributed by atoms with E-state index < -0.39 is 5.91 Å². The first-order valence-corrected chi connectivity index (χ1v) is 7.76. The van der Waals surface area contributed by atoms with Gasteiger partial charge < -0.3 is 14.8 Å². The van der Waals surface area contributed by atoms with Crippen molar-refractivity contribution < 1.29 is 19.4 Å². The summed E-state index contributed by atoms with van der Waals surface area (Å²) in [6.45, 7) is 1.39. The second-order valence-corrected chi connectivity index (χ2v) is 6.12.